The number of rotatable bonds is 7. The van der Waals surface area contributed by atoms with Crippen molar-refractivity contribution in [3.8, 4) is 0 Å². The van der Waals surface area contributed by atoms with Gasteiger partial charge in [0.05, 0.1) is 0 Å². The second kappa shape index (κ2) is 7.20. The molecule has 1 saturated carbocycles. The van der Waals surface area contributed by atoms with E-state index in [0.717, 1.165) is 12.8 Å². The second-order valence-electron chi connectivity index (χ2n) is 4.69. The Morgan fingerprint density at radius 2 is 2.11 bits per heavy atom. The van der Waals surface area contributed by atoms with Gasteiger partial charge in [-0.25, -0.2) is 9.59 Å². The van der Waals surface area contributed by atoms with Gasteiger partial charge in [0.25, 0.3) is 0 Å². The number of carbonyl (C=O) groups is 2. The third-order valence-electron chi connectivity index (χ3n) is 3.39. The van der Waals surface area contributed by atoms with Crippen LogP contribution >= 0.6 is 0 Å². The first-order chi connectivity index (χ1) is 8.58. The number of carbonyl (C=O) groups excluding carboxylic acids is 1. The van der Waals surface area contributed by atoms with Crippen LogP contribution in [0.2, 0.25) is 0 Å². The molecule has 0 spiro atoms. The quantitative estimate of drug-likeness (QED) is 0.625. The van der Waals surface area contributed by atoms with E-state index in [1.807, 2.05) is 6.92 Å². The number of carboxylic acids is 1. The fourth-order valence-corrected chi connectivity index (χ4v) is 1.97. The van der Waals surface area contributed by atoms with Gasteiger partial charge in [0.1, 0.15) is 6.04 Å². The summed E-state index contributed by atoms with van der Waals surface area (Å²) in [6, 6.07) is -1.37. The first kappa shape index (κ1) is 14.8. The average Bonchev–Trinajstić information content (AvgIpc) is 2.26. The number of hydrogen-bond acceptors (Lipinski definition) is 3. The van der Waals surface area contributed by atoms with Crippen LogP contribution in [0.25, 0.3) is 0 Å². The highest BCUT2D eigenvalue weighted by atomic mass is 16.4. The molecule has 0 radical (unpaired) electrons. The smallest absolute Gasteiger partial charge is 0.326 e. The molecule has 1 atom stereocenters. The predicted octanol–water partition coefficient (Wildman–Crippen LogP) is 0.654. The maximum absolute atomic E-state index is 11.9. The molecule has 1 fully saturated rings. The van der Waals surface area contributed by atoms with Crippen LogP contribution in [0.1, 0.15) is 32.6 Å². The van der Waals surface area contributed by atoms with E-state index in [4.69, 9.17) is 10.2 Å². The Labute approximate surface area is 107 Å². The summed E-state index contributed by atoms with van der Waals surface area (Å²) < 4.78 is 0. The van der Waals surface area contributed by atoms with Gasteiger partial charge in [-0.15, -0.1) is 0 Å². The number of aliphatic carboxylic acids is 1. The van der Waals surface area contributed by atoms with Crippen LogP contribution in [0.4, 0.5) is 4.79 Å². The molecule has 6 nitrogen and oxygen atoms in total. The van der Waals surface area contributed by atoms with Crippen LogP contribution in [0.15, 0.2) is 0 Å². The Bertz CT molecular complexity index is 292. The van der Waals surface area contributed by atoms with Crippen molar-refractivity contribution in [2.45, 2.75) is 38.6 Å². The van der Waals surface area contributed by atoms with Crippen molar-refractivity contribution >= 4 is 12.0 Å². The van der Waals surface area contributed by atoms with Crippen molar-refractivity contribution < 1.29 is 19.8 Å². The first-order valence-corrected chi connectivity index (χ1v) is 6.47. The summed E-state index contributed by atoms with van der Waals surface area (Å²) in [7, 11) is 0. The fraction of sp³-hybridized carbons (Fsp3) is 0.833. The van der Waals surface area contributed by atoms with Crippen molar-refractivity contribution in [2.75, 3.05) is 19.7 Å². The van der Waals surface area contributed by atoms with E-state index in [1.165, 1.54) is 6.42 Å². The van der Waals surface area contributed by atoms with E-state index >= 15 is 0 Å². The fourth-order valence-electron chi connectivity index (χ4n) is 1.97. The maximum atomic E-state index is 11.9. The Morgan fingerprint density at radius 3 is 2.50 bits per heavy atom. The van der Waals surface area contributed by atoms with E-state index in [1.54, 1.807) is 4.90 Å². The summed E-state index contributed by atoms with van der Waals surface area (Å²) >= 11 is 0. The molecule has 0 heterocycles. The van der Waals surface area contributed by atoms with Crippen LogP contribution in [0.5, 0.6) is 0 Å². The lowest BCUT2D eigenvalue weighted by atomic mass is 9.85. The Hall–Kier alpha value is -1.30. The number of urea groups is 1. The molecule has 6 heteroatoms. The van der Waals surface area contributed by atoms with E-state index in [0.29, 0.717) is 19.0 Å². The molecule has 1 aliphatic carbocycles. The Balaban J connectivity index is 2.45. The zero-order valence-corrected chi connectivity index (χ0v) is 10.8. The van der Waals surface area contributed by atoms with Crippen molar-refractivity contribution in [2.24, 2.45) is 5.92 Å². The predicted molar refractivity (Wildman–Crippen MR) is 66.2 cm³/mol. The van der Waals surface area contributed by atoms with Gasteiger partial charge >= 0.3 is 12.0 Å². The largest absolute Gasteiger partial charge is 0.480 e. The standard InChI is InChI=1S/C12H22N2O4/c1-2-14(8-9-4-3-5-9)12(18)13-10(6-7-15)11(16)17/h9-10,15H,2-8H2,1H3,(H,13,18)(H,16,17). The van der Waals surface area contributed by atoms with Gasteiger partial charge in [0.2, 0.25) is 0 Å². The minimum absolute atomic E-state index is 0.0298. The van der Waals surface area contributed by atoms with E-state index in [-0.39, 0.29) is 19.1 Å². The lowest BCUT2D eigenvalue weighted by Crippen LogP contribution is -2.49. The minimum Gasteiger partial charge on any atom is -0.480 e. The zero-order valence-electron chi connectivity index (χ0n) is 10.8. The van der Waals surface area contributed by atoms with Gasteiger partial charge < -0.3 is 20.4 Å². The van der Waals surface area contributed by atoms with E-state index in [9.17, 15) is 9.59 Å². The van der Waals surface area contributed by atoms with Gasteiger partial charge in [-0.1, -0.05) is 6.42 Å². The van der Waals surface area contributed by atoms with Crippen LogP contribution in [-0.2, 0) is 4.79 Å². The second-order valence-corrected chi connectivity index (χ2v) is 4.69. The summed E-state index contributed by atoms with van der Waals surface area (Å²) in [6.45, 7) is 2.87. The van der Waals surface area contributed by atoms with Gasteiger partial charge in [-0.2, -0.15) is 0 Å². The molecule has 0 aromatic heterocycles. The lowest BCUT2D eigenvalue weighted by molar-refractivity contribution is -0.139. The summed E-state index contributed by atoms with van der Waals surface area (Å²) in [5.74, 6) is -0.561. The average molecular weight is 258 g/mol. The van der Waals surface area contributed by atoms with Gasteiger partial charge in [0.15, 0.2) is 0 Å². The molecule has 3 N–H and O–H groups in total. The zero-order chi connectivity index (χ0) is 13.5. The summed E-state index contributed by atoms with van der Waals surface area (Å²) in [5.41, 5.74) is 0. The summed E-state index contributed by atoms with van der Waals surface area (Å²) in [6.07, 6.45) is 3.53. The Kier molecular flexibility index (Phi) is 5.91. The number of aliphatic hydroxyl groups excluding tert-OH is 1. The number of nitrogens with one attached hydrogen (secondary N) is 1. The van der Waals surface area contributed by atoms with E-state index in [2.05, 4.69) is 5.32 Å². The molecule has 2 amide bonds. The molecular weight excluding hydrogens is 236 g/mol. The molecule has 104 valence electrons. The van der Waals surface area contributed by atoms with Gasteiger partial charge in [0, 0.05) is 26.1 Å². The normalized spacial score (nSPS) is 16.8. The van der Waals surface area contributed by atoms with Crippen molar-refractivity contribution in [1.29, 1.82) is 0 Å². The number of nitrogens with zero attached hydrogens (tertiary/aromatic N) is 1. The molecule has 1 unspecified atom stereocenters. The van der Waals surface area contributed by atoms with Crippen LogP contribution in [-0.4, -0.2) is 52.9 Å². The van der Waals surface area contributed by atoms with Gasteiger partial charge in [-0.05, 0) is 25.7 Å². The number of amides is 2. The molecule has 1 aliphatic rings. The summed E-state index contributed by atoms with van der Waals surface area (Å²) in [5, 5.41) is 20.1. The van der Waals surface area contributed by atoms with Crippen LogP contribution < -0.4 is 5.32 Å². The summed E-state index contributed by atoms with van der Waals surface area (Å²) in [4.78, 5) is 24.4. The monoisotopic (exact) mass is 258 g/mol. The van der Waals surface area contributed by atoms with Gasteiger partial charge in [-0.3, -0.25) is 0 Å². The molecule has 1 rings (SSSR count). The van der Waals surface area contributed by atoms with Crippen molar-refractivity contribution in [3.05, 3.63) is 0 Å². The van der Waals surface area contributed by atoms with Crippen molar-refractivity contribution in [3.63, 3.8) is 0 Å². The van der Waals surface area contributed by atoms with Crippen LogP contribution in [0, 0.1) is 5.92 Å². The highest BCUT2D eigenvalue weighted by Gasteiger charge is 2.25. The van der Waals surface area contributed by atoms with E-state index < -0.39 is 12.0 Å². The third-order valence-corrected chi connectivity index (χ3v) is 3.39. The lowest BCUT2D eigenvalue weighted by Gasteiger charge is -2.32. The topological polar surface area (TPSA) is 89.9 Å². The molecule has 0 aliphatic heterocycles. The van der Waals surface area contributed by atoms with Crippen LogP contribution in [0.3, 0.4) is 0 Å². The highest BCUT2D eigenvalue weighted by molar-refractivity contribution is 5.82. The number of hydrogen-bond donors (Lipinski definition) is 3. The first-order valence-electron chi connectivity index (χ1n) is 6.47. The Morgan fingerprint density at radius 1 is 1.44 bits per heavy atom. The van der Waals surface area contributed by atoms with Crippen molar-refractivity contribution in [1.82, 2.24) is 10.2 Å². The molecule has 0 aromatic rings. The molecular formula is C12H22N2O4. The maximum Gasteiger partial charge on any atom is 0.326 e. The number of aliphatic hydroxyl groups is 1. The molecule has 0 saturated heterocycles. The SMILES string of the molecule is CCN(CC1CCC1)C(=O)NC(CCO)C(=O)O. The molecule has 0 aromatic carbocycles. The molecule has 0 bridgehead atoms. The highest BCUT2D eigenvalue weighted by Crippen LogP contribution is 2.27. The minimum atomic E-state index is -1.11. The third kappa shape index (κ3) is 4.18. The number of carboxylic acid groups (broad SMARTS) is 1. The molecule has 18 heavy (non-hydrogen) atoms.